The largest absolute Gasteiger partial charge is 0.306 e. The van der Waals surface area contributed by atoms with Crippen LogP contribution in [0, 0.1) is 6.92 Å². The van der Waals surface area contributed by atoms with Crippen molar-refractivity contribution >= 4 is 11.1 Å². The molecule has 0 rings (SSSR count). The zero-order valence-corrected chi connectivity index (χ0v) is 6.12. The van der Waals surface area contributed by atoms with Crippen LogP contribution in [0.5, 0.6) is 0 Å². The van der Waals surface area contributed by atoms with Crippen LogP contribution in [0.1, 0.15) is 12.8 Å². The minimum absolute atomic E-state index is 0.328. The predicted molar refractivity (Wildman–Crippen MR) is 39.4 cm³/mol. The molecule has 0 aliphatic heterocycles. The van der Waals surface area contributed by atoms with Gasteiger partial charge in [-0.1, -0.05) is 0 Å². The van der Waals surface area contributed by atoms with E-state index in [2.05, 4.69) is 13.5 Å². The molecule has 0 bridgehead atoms. The first-order valence-electron chi connectivity index (χ1n) is 2.70. The Kier molecular flexibility index (Phi) is 4.44. The van der Waals surface area contributed by atoms with Crippen LogP contribution in [0.15, 0.2) is 12.2 Å². The van der Waals surface area contributed by atoms with E-state index in [9.17, 15) is 4.21 Å². The second-order valence-electron chi connectivity index (χ2n) is 1.88. The molecule has 0 aromatic carbocycles. The number of rotatable bonds is 4. The summed E-state index contributed by atoms with van der Waals surface area (Å²) in [6.45, 7) is 7.12. The quantitative estimate of drug-likeness (QED) is 0.482. The Morgan fingerprint density at radius 1 is 1.78 bits per heavy atom. The molecule has 0 aliphatic carbocycles. The molecule has 0 saturated carbocycles. The highest BCUT2D eigenvalue weighted by atomic mass is 32.2. The van der Waals surface area contributed by atoms with E-state index < -0.39 is 11.1 Å². The number of allylic oxidation sites excluding steroid dienone is 1. The van der Waals surface area contributed by atoms with Crippen molar-refractivity contribution < 1.29 is 8.76 Å². The van der Waals surface area contributed by atoms with E-state index in [-0.39, 0.29) is 0 Å². The van der Waals surface area contributed by atoms with Crippen molar-refractivity contribution in [2.75, 3.05) is 5.75 Å². The first-order chi connectivity index (χ1) is 4.13. The summed E-state index contributed by atoms with van der Waals surface area (Å²) in [6.07, 6.45) is 1.44. The normalized spacial score (nSPS) is 13.0. The number of hydrogen-bond donors (Lipinski definition) is 1. The maximum absolute atomic E-state index is 10.0. The SMILES string of the molecule is C=C([CH2+])CCCS(=O)O. The summed E-state index contributed by atoms with van der Waals surface area (Å²) in [5.41, 5.74) is 0.820. The van der Waals surface area contributed by atoms with Gasteiger partial charge in [0.05, 0.1) is 5.57 Å². The van der Waals surface area contributed by atoms with Crippen molar-refractivity contribution in [1.29, 1.82) is 0 Å². The highest BCUT2D eigenvalue weighted by Gasteiger charge is 1.95. The predicted octanol–water partition coefficient (Wildman–Crippen LogP) is 1.38. The van der Waals surface area contributed by atoms with E-state index >= 15 is 0 Å². The number of hydrogen-bond acceptors (Lipinski definition) is 1. The van der Waals surface area contributed by atoms with Crippen molar-refractivity contribution in [2.24, 2.45) is 0 Å². The van der Waals surface area contributed by atoms with Crippen LogP contribution in [0.2, 0.25) is 0 Å². The second-order valence-corrected chi connectivity index (χ2v) is 2.93. The van der Waals surface area contributed by atoms with Gasteiger partial charge < -0.3 is 4.55 Å². The summed E-state index contributed by atoms with van der Waals surface area (Å²) in [6, 6.07) is 0. The standard InChI is InChI=1S/C6H10O2S/c1-6(2)4-3-5-9(7)8/h1-5H2/p+1. The van der Waals surface area contributed by atoms with Gasteiger partial charge in [0.1, 0.15) is 0 Å². The smallest absolute Gasteiger partial charge is 0.152 e. The van der Waals surface area contributed by atoms with Crippen LogP contribution < -0.4 is 0 Å². The molecule has 1 N–H and O–H groups in total. The monoisotopic (exact) mass is 147 g/mol. The molecule has 2 nitrogen and oxygen atoms in total. The second kappa shape index (κ2) is 4.58. The Hall–Kier alpha value is -0.280. The molecule has 0 aromatic rings. The Morgan fingerprint density at radius 2 is 2.33 bits per heavy atom. The van der Waals surface area contributed by atoms with Gasteiger partial charge >= 0.3 is 0 Å². The summed E-state index contributed by atoms with van der Waals surface area (Å²) >= 11 is -1.65. The van der Waals surface area contributed by atoms with Crippen LogP contribution in [-0.2, 0) is 11.1 Å². The van der Waals surface area contributed by atoms with E-state index in [1.165, 1.54) is 0 Å². The van der Waals surface area contributed by atoms with Gasteiger partial charge in [-0.2, -0.15) is 0 Å². The fraction of sp³-hybridized carbons (Fsp3) is 0.500. The van der Waals surface area contributed by atoms with Gasteiger partial charge in [0.15, 0.2) is 11.1 Å². The summed E-state index contributed by atoms with van der Waals surface area (Å²) in [5.74, 6) is 0.328. The minimum Gasteiger partial charge on any atom is -0.306 e. The molecule has 0 heterocycles. The van der Waals surface area contributed by atoms with Gasteiger partial charge in [0.2, 0.25) is 0 Å². The third-order valence-electron chi connectivity index (χ3n) is 0.849. The van der Waals surface area contributed by atoms with Crippen LogP contribution in [0.25, 0.3) is 0 Å². The summed E-state index contributed by atoms with van der Waals surface area (Å²) in [4.78, 5) is 0. The van der Waals surface area contributed by atoms with Crippen molar-refractivity contribution in [2.45, 2.75) is 12.8 Å². The molecule has 0 amide bonds. The fourth-order valence-electron chi connectivity index (χ4n) is 0.446. The Morgan fingerprint density at radius 3 is 2.67 bits per heavy atom. The van der Waals surface area contributed by atoms with Crippen molar-refractivity contribution in [3.8, 4) is 0 Å². The first kappa shape index (κ1) is 8.72. The lowest BCUT2D eigenvalue weighted by molar-refractivity contribution is 0.562. The van der Waals surface area contributed by atoms with Gasteiger partial charge in [-0.3, -0.25) is 0 Å². The topological polar surface area (TPSA) is 37.3 Å². The van der Waals surface area contributed by atoms with Crippen molar-refractivity contribution in [1.82, 2.24) is 0 Å². The van der Waals surface area contributed by atoms with Crippen molar-refractivity contribution in [3.05, 3.63) is 19.1 Å². The summed E-state index contributed by atoms with van der Waals surface area (Å²) in [7, 11) is 0. The molecule has 1 atom stereocenters. The average molecular weight is 147 g/mol. The molecule has 3 heteroatoms. The van der Waals surface area contributed by atoms with Crippen LogP contribution in [-0.4, -0.2) is 14.5 Å². The molecule has 0 saturated heterocycles. The Bertz CT molecular complexity index is 106. The fourth-order valence-corrected chi connectivity index (χ4v) is 0.837. The maximum atomic E-state index is 10.0. The Balaban J connectivity index is 3.10. The lowest BCUT2D eigenvalue weighted by atomic mass is 10.2. The zero-order valence-electron chi connectivity index (χ0n) is 5.30. The summed E-state index contributed by atoms with van der Waals surface area (Å²) in [5, 5.41) is 0. The average Bonchev–Trinajstić information content (AvgIpc) is 1.63. The highest BCUT2D eigenvalue weighted by Crippen LogP contribution is 1.99. The van der Waals surface area contributed by atoms with Crippen LogP contribution in [0.4, 0.5) is 0 Å². The van der Waals surface area contributed by atoms with E-state index in [1.54, 1.807) is 0 Å². The lowest BCUT2D eigenvalue weighted by Crippen LogP contribution is -1.94. The summed E-state index contributed by atoms with van der Waals surface area (Å²) < 4.78 is 18.3. The molecule has 0 radical (unpaired) electrons. The van der Waals surface area contributed by atoms with E-state index in [4.69, 9.17) is 4.55 Å². The third-order valence-corrected chi connectivity index (χ3v) is 1.49. The van der Waals surface area contributed by atoms with Gasteiger partial charge in [0, 0.05) is 25.7 Å². The molecule has 52 valence electrons. The zero-order chi connectivity index (χ0) is 7.28. The molecule has 0 aliphatic rings. The van der Waals surface area contributed by atoms with Crippen molar-refractivity contribution in [3.63, 3.8) is 0 Å². The van der Waals surface area contributed by atoms with E-state index in [1.807, 2.05) is 0 Å². The highest BCUT2D eigenvalue weighted by molar-refractivity contribution is 7.79. The van der Waals surface area contributed by atoms with Gasteiger partial charge in [0.25, 0.3) is 0 Å². The van der Waals surface area contributed by atoms with E-state index in [0.29, 0.717) is 12.2 Å². The Labute approximate surface area is 58.3 Å². The molecular formula is C6H11O2S+. The molecule has 0 spiro atoms. The van der Waals surface area contributed by atoms with Gasteiger partial charge in [-0.15, -0.1) is 0 Å². The van der Waals surface area contributed by atoms with Crippen LogP contribution in [0.3, 0.4) is 0 Å². The molecule has 0 aromatic heterocycles. The van der Waals surface area contributed by atoms with Gasteiger partial charge in [-0.25, -0.2) is 4.21 Å². The van der Waals surface area contributed by atoms with Gasteiger partial charge in [-0.05, 0) is 6.42 Å². The maximum Gasteiger partial charge on any atom is 0.152 e. The molecule has 9 heavy (non-hydrogen) atoms. The first-order valence-corrected chi connectivity index (χ1v) is 3.97. The molecule has 1 unspecified atom stereocenters. The lowest BCUT2D eigenvalue weighted by Gasteiger charge is -1.90. The van der Waals surface area contributed by atoms with Crippen LogP contribution >= 0.6 is 0 Å². The molecular weight excluding hydrogens is 136 g/mol. The third kappa shape index (κ3) is 7.72. The van der Waals surface area contributed by atoms with E-state index in [0.717, 1.165) is 12.0 Å². The molecule has 0 fully saturated rings. The minimum atomic E-state index is -1.65.